The van der Waals surface area contributed by atoms with Gasteiger partial charge < -0.3 is 14.0 Å². The summed E-state index contributed by atoms with van der Waals surface area (Å²) in [7, 11) is 0.714. The molecule has 0 fully saturated rings. The van der Waals surface area contributed by atoms with Crippen LogP contribution in [0.1, 0.15) is 5.56 Å². The fourth-order valence-corrected chi connectivity index (χ4v) is 3.18. The highest BCUT2D eigenvalue weighted by molar-refractivity contribution is 7.89. The van der Waals surface area contributed by atoms with Crippen LogP contribution in [0.5, 0.6) is 11.5 Å². The van der Waals surface area contributed by atoms with Gasteiger partial charge in [0.1, 0.15) is 16.4 Å². The van der Waals surface area contributed by atoms with E-state index in [1.54, 1.807) is 25.4 Å². The lowest BCUT2D eigenvalue weighted by molar-refractivity contribution is 0.386. The number of rotatable bonds is 6. The van der Waals surface area contributed by atoms with Crippen LogP contribution < -0.4 is 19.8 Å². The minimum Gasteiger partial charge on any atom is -0.497 e. The molecule has 0 radical (unpaired) electrons. The van der Waals surface area contributed by atoms with Crippen LogP contribution in [0.2, 0.25) is 0 Å². The van der Waals surface area contributed by atoms with Gasteiger partial charge in [-0.15, -0.1) is 0 Å². The molecule has 0 atom stereocenters. The minimum absolute atomic E-state index is 0.0191. The van der Waals surface area contributed by atoms with Crippen molar-refractivity contribution in [2.45, 2.75) is 11.4 Å². The van der Waals surface area contributed by atoms with Gasteiger partial charge in [0, 0.05) is 31.9 Å². The van der Waals surface area contributed by atoms with Crippen LogP contribution in [0.25, 0.3) is 0 Å². The molecular formula is C15H18N2O5S. The second-order valence-corrected chi connectivity index (χ2v) is 6.56. The fraction of sp³-hybridized carbons (Fsp3) is 0.267. The number of benzene rings is 1. The van der Waals surface area contributed by atoms with Gasteiger partial charge in [-0.05, 0) is 17.7 Å². The van der Waals surface area contributed by atoms with Crippen LogP contribution >= 0.6 is 0 Å². The lowest BCUT2D eigenvalue weighted by Crippen LogP contribution is -2.25. The summed E-state index contributed by atoms with van der Waals surface area (Å²) in [6, 6.07) is 7.43. The first-order valence-corrected chi connectivity index (χ1v) is 8.23. The maximum atomic E-state index is 12.4. The molecule has 1 heterocycles. The number of hydrogen-bond acceptors (Lipinski definition) is 5. The van der Waals surface area contributed by atoms with Gasteiger partial charge in [0.15, 0.2) is 0 Å². The maximum Gasteiger partial charge on any atom is 0.250 e. The predicted octanol–water partition coefficient (Wildman–Crippen LogP) is 0.881. The van der Waals surface area contributed by atoms with E-state index >= 15 is 0 Å². The Morgan fingerprint density at radius 2 is 1.87 bits per heavy atom. The van der Waals surface area contributed by atoms with Crippen LogP contribution in [-0.4, -0.2) is 27.2 Å². The number of sulfonamides is 1. The molecule has 1 N–H and O–H groups in total. The van der Waals surface area contributed by atoms with Crippen molar-refractivity contribution in [3.63, 3.8) is 0 Å². The van der Waals surface area contributed by atoms with Crippen molar-refractivity contribution in [3.8, 4) is 11.5 Å². The molecule has 124 valence electrons. The maximum absolute atomic E-state index is 12.4. The summed E-state index contributed by atoms with van der Waals surface area (Å²) in [4.78, 5) is 11.4. The molecule has 2 aromatic rings. The number of pyridine rings is 1. The second kappa shape index (κ2) is 6.84. The van der Waals surface area contributed by atoms with Crippen molar-refractivity contribution in [1.29, 1.82) is 0 Å². The van der Waals surface area contributed by atoms with E-state index in [9.17, 15) is 13.2 Å². The summed E-state index contributed by atoms with van der Waals surface area (Å²) in [5.74, 6) is 0.691. The molecule has 0 bridgehead atoms. The van der Waals surface area contributed by atoms with Crippen molar-refractivity contribution in [3.05, 3.63) is 52.4 Å². The van der Waals surface area contributed by atoms with E-state index in [1.807, 2.05) is 0 Å². The number of methoxy groups -OCH3 is 2. The quantitative estimate of drug-likeness (QED) is 0.845. The Morgan fingerprint density at radius 3 is 2.48 bits per heavy atom. The van der Waals surface area contributed by atoms with Gasteiger partial charge in [-0.2, -0.15) is 0 Å². The molecule has 0 saturated heterocycles. The van der Waals surface area contributed by atoms with Crippen molar-refractivity contribution in [2.75, 3.05) is 14.2 Å². The first kappa shape index (κ1) is 17.0. The SMILES string of the molecule is COc1ccc(S(=O)(=O)NCc2ccc(=O)n(C)c2)c(OC)c1. The molecule has 0 spiro atoms. The van der Waals surface area contributed by atoms with Crippen LogP contribution in [0.15, 0.2) is 46.2 Å². The number of ether oxygens (including phenoxy) is 2. The zero-order valence-corrected chi connectivity index (χ0v) is 13.9. The van der Waals surface area contributed by atoms with Crippen LogP contribution in [-0.2, 0) is 23.6 Å². The Kier molecular flexibility index (Phi) is 5.07. The van der Waals surface area contributed by atoms with Crippen molar-refractivity contribution >= 4 is 10.0 Å². The lowest BCUT2D eigenvalue weighted by atomic mass is 10.3. The van der Waals surface area contributed by atoms with E-state index in [2.05, 4.69) is 4.72 Å². The molecule has 8 heteroatoms. The Hall–Kier alpha value is -2.32. The number of nitrogens with zero attached hydrogens (tertiary/aromatic N) is 1. The third-order valence-electron chi connectivity index (χ3n) is 3.27. The highest BCUT2D eigenvalue weighted by Gasteiger charge is 2.20. The first-order valence-electron chi connectivity index (χ1n) is 6.74. The molecule has 0 unspecified atom stereocenters. The molecule has 0 aliphatic carbocycles. The van der Waals surface area contributed by atoms with Crippen LogP contribution in [0.3, 0.4) is 0 Å². The standard InChI is InChI=1S/C15H18N2O5S/c1-17-10-11(4-7-15(17)18)9-16-23(19,20)14-6-5-12(21-2)8-13(14)22-3/h4-8,10,16H,9H2,1-3H3. The van der Waals surface area contributed by atoms with Gasteiger partial charge in [0.2, 0.25) is 15.6 Å². The molecule has 0 saturated carbocycles. The van der Waals surface area contributed by atoms with Gasteiger partial charge >= 0.3 is 0 Å². The topological polar surface area (TPSA) is 86.6 Å². The van der Waals surface area contributed by atoms with Gasteiger partial charge in [-0.3, -0.25) is 4.79 Å². The van der Waals surface area contributed by atoms with Gasteiger partial charge in [-0.1, -0.05) is 6.07 Å². The molecular weight excluding hydrogens is 320 g/mol. The molecule has 1 aromatic heterocycles. The van der Waals surface area contributed by atoms with E-state index in [0.717, 1.165) is 0 Å². The van der Waals surface area contributed by atoms with E-state index in [0.29, 0.717) is 11.3 Å². The molecule has 23 heavy (non-hydrogen) atoms. The van der Waals surface area contributed by atoms with Gasteiger partial charge in [-0.25, -0.2) is 13.1 Å². The predicted molar refractivity (Wildman–Crippen MR) is 85.3 cm³/mol. The highest BCUT2D eigenvalue weighted by Crippen LogP contribution is 2.28. The summed E-state index contributed by atoms with van der Waals surface area (Å²) < 4.78 is 38.9. The third-order valence-corrected chi connectivity index (χ3v) is 4.71. The summed E-state index contributed by atoms with van der Waals surface area (Å²) in [6.07, 6.45) is 1.58. The molecule has 0 aliphatic rings. The van der Waals surface area contributed by atoms with E-state index in [-0.39, 0.29) is 22.7 Å². The normalized spacial score (nSPS) is 11.3. The average Bonchev–Trinajstić information content (AvgIpc) is 2.55. The Morgan fingerprint density at radius 1 is 1.13 bits per heavy atom. The monoisotopic (exact) mass is 338 g/mol. The van der Waals surface area contributed by atoms with Crippen molar-refractivity contribution in [1.82, 2.24) is 9.29 Å². The number of aryl methyl sites for hydroxylation is 1. The van der Waals surface area contributed by atoms with Gasteiger partial charge in [0.05, 0.1) is 14.2 Å². The minimum atomic E-state index is -3.77. The first-order chi connectivity index (χ1) is 10.9. The number of nitrogens with one attached hydrogen (secondary N) is 1. The van der Waals surface area contributed by atoms with Crippen molar-refractivity contribution < 1.29 is 17.9 Å². The average molecular weight is 338 g/mol. The summed E-state index contributed by atoms with van der Waals surface area (Å²) in [6.45, 7) is 0.0611. The van der Waals surface area contributed by atoms with Crippen LogP contribution in [0.4, 0.5) is 0 Å². The van der Waals surface area contributed by atoms with Gasteiger partial charge in [0.25, 0.3) is 0 Å². The molecule has 0 aliphatic heterocycles. The van der Waals surface area contributed by atoms with E-state index in [1.165, 1.54) is 37.0 Å². The third kappa shape index (κ3) is 3.91. The second-order valence-electron chi connectivity index (χ2n) is 4.83. The Labute approximate surface area is 134 Å². The highest BCUT2D eigenvalue weighted by atomic mass is 32.2. The fourth-order valence-electron chi connectivity index (χ4n) is 2.01. The van der Waals surface area contributed by atoms with E-state index in [4.69, 9.17) is 9.47 Å². The number of hydrogen-bond donors (Lipinski definition) is 1. The molecule has 7 nitrogen and oxygen atoms in total. The molecule has 0 amide bonds. The Balaban J connectivity index is 2.24. The Bertz CT molecular complexity index is 858. The number of aromatic nitrogens is 1. The summed E-state index contributed by atoms with van der Waals surface area (Å²) in [5, 5.41) is 0. The summed E-state index contributed by atoms with van der Waals surface area (Å²) >= 11 is 0. The van der Waals surface area contributed by atoms with Crippen molar-refractivity contribution in [2.24, 2.45) is 7.05 Å². The van der Waals surface area contributed by atoms with E-state index < -0.39 is 10.0 Å². The molecule has 2 rings (SSSR count). The zero-order valence-electron chi connectivity index (χ0n) is 13.1. The molecule has 1 aromatic carbocycles. The largest absolute Gasteiger partial charge is 0.497 e. The lowest BCUT2D eigenvalue weighted by Gasteiger charge is -2.12. The van der Waals surface area contributed by atoms with Crippen LogP contribution in [0, 0.1) is 0 Å². The summed E-state index contributed by atoms with van der Waals surface area (Å²) in [5.41, 5.74) is 0.511. The zero-order chi connectivity index (χ0) is 17.0. The smallest absolute Gasteiger partial charge is 0.250 e.